The molecule has 0 spiro atoms. The molecule has 4 N–H and O–H groups in total. The third kappa shape index (κ3) is 6.19. The van der Waals surface area contributed by atoms with Crippen LogP contribution in [0.4, 0.5) is 5.69 Å². The van der Waals surface area contributed by atoms with Crippen LogP contribution in [0, 0.1) is 0 Å². The standard InChI is InChI=1S/C14H20ClN3O3.ClH/c1-3-6-17-13(19)10-5-4-9(7-11(10)15)18-14(20)12(16)8-21-2;/h4-5,7,12H,3,6,8,16H2,1-2H3,(H,17,19)(H,18,20);1H. The molecular formula is C14H21Cl2N3O3. The summed E-state index contributed by atoms with van der Waals surface area (Å²) in [5, 5.41) is 5.62. The highest BCUT2D eigenvalue weighted by Crippen LogP contribution is 2.21. The largest absolute Gasteiger partial charge is 0.383 e. The van der Waals surface area contributed by atoms with Crippen LogP contribution in [-0.4, -0.2) is 38.1 Å². The topological polar surface area (TPSA) is 93.5 Å². The highest BCUT2D eigenvalue weighted by Gasteiger charge is 2.15. The van der Waals surface area contributed by atoms with E-state index in [1.807, 2.05) is 6.92 Å². The predicted octanol–water partition coefficient (Wildman–Crippen LogP) is 1.81. The molecule has 1 rings (SSSR count). The predicted molar refractivity (Wildman–Crippen MR) is 89.8 cm³/mol. The molecule has 0 saturated heterocycles. The van der Waals surface area contributed by atoms with Gasteiger partial charge in [-0.15, -0.1) is 12.4 Å². The maximum atomic E-state index is 11.8. The Morgan fingerprint density at radius 2 is 2.09 bits per heavy atom. The molecule has 0 aliphatic heterocycles. The van der Waals surface area contributed by atoms with Crippen molar-refractivity contribution in [1.82, 2.24) is 5.32 Å². The van der Waals surface area contributed by atoms with E-state index >= 15 is 0 Å². The smallest absolute Gasteiger partial charge is 0.252 e. The normalized spacial score (nSPS) is 11.3. The van der Waals surface area contributed by atoms with Crippen LogP contribution >= 0.6 is 24.0 Å². The van der Waals surface area contributed by atoms with Crippen molar-refractivity contribution in [1.29, 1.82) is 0 Å². The Morgan fingerprint density at radius 3 is 2.64 bits per heavy atom. The maximum absolute atomic E-state index is 11.8. The van der Waals surface area contributed by atoms with Gasteiger partial charge in [-0.25, -0.2) is 0 Å². The molecule has 0 heterocycles. The Bertz CT molecular complexity index is 512. The number of nitrogens with one attached hydrogen (secondary N) is 2. The summed E-state index contributed by atoms with van der Waals surface area (Å²) in [6, 6.07) is 3.91. The van der Waals surface area contributed by atoms with Crippen LogP contribution in [0.15, 0.2) is 18.2 Å². The number of benzene rings is 1. The number of hydrogen-bond donors (Lipinski definition) is 3. The monoisotopic (exact) mass is 349 g/mol. The molecule has 8 heteroatoms. The maximum Gasteiger partial charge on any atom is 0.252 e. The lowest BCUT2D eigenvalue weighted by Gasteiger charge is -2.12. The number of nitrogens with two attached hydrogens (primary N) is 1. The Kier molecular flexibility index (Phi) is 9.76. The fourth-order valence-electron chi connectivity index (χ4n) is 1.60. The van der Waals surface area contributed by atoms with Gasteiger partial charge in [-0.05, 0) is 24.6 Å². The van der Waals surface area contributed by atoms with Crippen molar-refractivity contribution in [3.05, 3.63) is 28.8 Å². The van der Waals surface area contributed by atoms with E-state index in [-0.39, 0.29) is 35.9 Å². The molecule has 2 amide bonds. The number of halogens is 2. The Morgan fingerprint density at radius 1 is 1.41 bits per heavy atom. The third-order valence-corrected chi connectivity index (χ3v) is 3.01. The van der Waals surface area contributed by atoms with E-state index in [9.17, 15) is 9.59 Å². The van der Waals surface area contributed by atoms with Crippen LogP contribution in [0.2, 0.25) is 5.02 Å². The summed E-state index contributed by atoms with van der Waals surface area (Å²) in [5.74, 6) is -0.619. The molecule has 0 aliphatic carbocycles. The molecular weight excluding hydrogens is 329 g/mol. The van der Waals surface area contributed by atoms with Crippen LogP contribution in [0.3, 0.4) is 0 Å². The molecule has 0 saturated carbocycles. The second-order valence-corrected chi connectivity index (χ2v) is 4.91. The van der Waals surface area contributed by atoms with Crippen LogP contribution in [0.1, 0.15) is 23.7 Å². The summed E-state index contributed by atoms with van der Waals surface area (Å²) in [4.78, 5) is 23.6. The van der Waals surface area contributed by atoms with Crippen molar-refractivity contribution in [2.75, 3.05) is 25.6 Å². The minimum absolute atomic E-state index is 0. The summed E-state index contributed by atoms with van der Waals surface area (Å²) >= 11 is 6.06. The van der Waals surface area contributed by atoms with Crippen molar-refractivity contribution in [2.45, 2.75) is 19.4 Å². The molecule has 1 unspecified atom stereocenters. The zero-order chi connectivity index (χ0) is 15.8. The molecule has 124 valence electrons. The second-order valence-electron chi connectivity index (χ2n) is 4.50. The van der Waals surface area contributed by atoms with Crippen molar-refractivity contribution in [3.8, 4) is 0 Å². The molecule has 0 bridgehead atoms. The molecule has 6 nitrogen and oxygen atoms in total. The van der Waals surface area contributed by atoms with Gasteiger partial charge in [0.15, 0.2) is 0 Å². The highest BCUT2D eigenvalue weighted by atomic mass is 35.5. The minimum atomic E-state index is -0.763. The number of hydrogen-bond acceptors (Lipinski definition) is 4. The van der Waals surface area contributed by atoms with Crippen molar-refractivity contribution in [2.24, 2.45) is 5.73 Å². The van der Waals surface area contributed by atoms with Crippen LogP contribution in [0.25, 0.3) is 0 Å². The van der Waals surface area contributed by atoms with E-state index in [2.05, 4.69) is 10.6 Å². The highest BCUT2D eigenvalue weighted by molar-refractivity contribution is 6.34. The number of amides is 2. The van der Waals surface area contributed by atoms with Gasteiger partial charge in [-0.2, -0.15) is 0 Å². The quantitative estimate of drug-likeness (QED) is 0.699. The van der Waals surface area contributed by atoms with Gasteiger partial charge < -0.3 is 21.1 Å². The molecule has 1 aromatic rings. The lowest BCUT2D eigenvalue weighted by Crippen LogP contribution is -2.39. The Hall–Kier alpha value is -1.34. The lowest BCUT2D eigenvalue weighted by molar-refractivity contribution is -0.118. The SMILES string of the molecule is CCCNC(=O)c1ccc(NC(=O)C(N)COC)cc1Cl.Cl. The van der Waals surface area contributed by atoms with E-state index in [0.717, 1.165) is 6.42 Å². The fraction of sp³-hybridized carbons (Fsp3) is 0.429. The average molecular weight is 350 g/mol. The number of methoxy groups -OCH3 is 1. The van der Waals surface area contributed by atoms with Gasteiger partial charge in [0, 0.05) is 19.3 Å². The number of ether oxygens (including phenoxy) is 1. The number of rotatable bonds is 7. The van der Waals surface area contributed by atoms with Crippen molar-refractivity contribution in [3.63, 3.8) is 0 Å². The summed E-state index contributed by atoms with van der Waals surface area (Å²) < 4.78 is 4.81. The first-order chi connectivity index (χ1) is 9.99. The van der Waals surface area contributed by atoms with Gasteiger partial charge in [0.1, 0.15) is 6.04 Å². The number of carbonyl (C=O) groups excluding carboxylic acids is 2. The van der Waals surface area contributed by atoms with Crippen LogP contribution < -0.4 is 16.4 Å². The molecule has 0 radical (unpaired) electrons. The first-order valence-electron chi connectivity index (χ1n) is 6.62. The summed E-state index contributed by atoms with van der Waals surface area (Å²) in [6.45, 7) is 2.67. The second kappa shape index (κ2) is 10.4. The summed E-state index contributed by atoms with van der Waals surface area (Å²) in [7, 11) is 1.47. The Balaban J connectivity index is 0.00000441. The molecule has 1 atom stereocenters. The van der Waals surface area contributed by atoms with E-state index < -0.39 is 6.04 Å². The van der Waals surface area contributed by atoms with E-state index in [1.54, 1.807) is 12.1 Å². The third-order valence-electron chi connectivity index (χ3n) is 2.70. The number of carbonyl (C=O) groups is 2. The summed E-state index contributed by atoms with van der Waals surface area (Å²) in [5.41, 5.74) is 6.45. The zero-order valence-electron chi connectivity index (χ0n) is 12.5. The Labute approximate surface area is 141 Å². The van der Waals surface area contributed by atoms with E-state index in [1.165, 1.54) is 13.2 Å². The molecule has 0 aliphatic rings. The lowest BCUT2D eigenvalue weighted by atomic mass is 10.2. The molecule has 0 fully saturated rings. The zero-order valence-corrected chi connectivity index (χ0v) is 14.1. The van der Waals surface area contributed by atoms with Crippen molar-refractivity contribution >= 4 is 41.5 Å². The van der Waals surface area contributed by atoms with Gasteiger partial charge in [0.2, 0.25) is 5.91 Å². The van der Waals surface area contributed by atoms with Crippen molar-refractivity contribution < 1.29 is 14.3 Å². The molecule has 22 heavy (non-hydrogen) atoms. The van der Waals surface area contributed by atoms with Gasteiger partial charge in [-0.1, -0.05) is 18.5 Å². The number of anilines is 1. The minimum Gasteiger partial charge on any atom is -0.383 e. The van der Waals surface area contributed by atoms with Gasteiger partial charge in [0.25, 0.3) is 5.91 Å². The average Bonchev–Trinajstić information content (AvgIpc) is 2.45. The van der Waals surface area contributed by atoms with Crippen LogP contribution in [0.5, 0.6) is 0 Å². The first kappa shape index (κ1) is 20.7. The van der Waals surface area contributed by atoms with Gasteiger partial charge in [-0.3, -0.25) is 9.59 Å². The molecule has 0 aromatic heterocycles. The van der Waals surface area contributed by atoms with E-state index in [4.69, 9.17) is 22.1 Å². The van der Waals surface area contributed by atoms with Crippen LogP contribution in [-0.2, 0) is 9.53 Å². The van der Waals surface area contributed by atoms with E-state index in [0.29, 0.717) is 17.8 Å². The first-order valence-corrected chi connectivity index (χ1v) is 7.00. The fourth-order valence-corrected chi connectivity index (χ4v) is 1.87. The summed E-state index contributed by atoms with van der Waals surface area (Å²) in [6.07, 6.45) is 0.842. The van der Waals surface area contributed by atoms with Gasteiger partial charge in [0.05, 0.1) is 17.2 Å². The molecule has 1 aromatic carbocycles. The van der Waals surface area contributed by atoms with Gasteiger partial charge >= 0.3 is 0 Å².